The summed E-state index contributed by atoms with van der Waals surface area (Å²) in [6.07, 6.45) is 0. The van der Waals surface area contributed by atoms with Gasteiger partial charge in [0.25, 0.3) is 0 Å². The molecule has 0 aliphatic carbocycles. The third kappa shape index (κ3) is 2.25. The van der Waals surface area contributed by atoms with Gasteiger partial charge in [-0.2, -0.15) is 0 Å². The number of carboxylic acids is 1. The van der Waals surface area contributed by atoms with Gasteiger partial charge in [-0.25, -0.2) is 4.39 Å². The number of carboxylic acid groups (broad SMARTS) is 1. The molecule has 0 amide bonds. The van der Waals surface area contributed by atoms with Crippen LogP contribution in [0.25, 0.3) is 0 Å². The number of aryl methyl sites for hydroxylation is 1. The maximum atomic E-state index is 13.9. The monoisotopic (exact) mass is 289 g/mol. The molecule has 5 heteroatoms. The molecular weight excluding hydrogens is 277 g/mol. The van der Waals surface area contributed by atoms with Crippen molar-refractivity contribution < 1.29 is 14.3 Å². The molecule has 0 radical (unpaired) electrons. The molecule has 0 aliphatic rings. The van der Waals surface area contributed by atoms with E-state index in [2.05, 4.69) is 15.9 Å². The average Bonchev–Trinajstić information content (AvgIpc) is 2.21. The molecule has 3 nitrogen and oxygen atoms in total. The Labute approximate surface area is 102 Å². The highest BCUT2D eigenvalue weighted by Gasteiger charge is 2.25. The van der Waals surface area contributed by atoms with Gasteiger partial charge in [0.2, 0.25) is 0 Å². The first-order chi connectivity index (χ1) is 7.40. The van der Waals surface area contributed by atoms with Gasteiger partial charge in [0.15, 0.2) is 0 Å². The molecule has 0 aromatic heterocycles. The van der Waals surface area contributed by atoms with Gasteiger partial charge in [-0.05, 0) is 47.0 Å². The molecule has 0 saturated carbocycles. The van der Waals surface area contributed by atoms with Crippen molar-refractivity contribution in [2.45, 2.75) is 19.8 Å². The Morgan fingerprint density at radius 2 is 2.19 bits per heavy atom. The van der Waals surface area contributed by atoms with Crippen molar-refractivity contribution in [3.8, 4) is 0 Å². The molecule has 3 N–H and O–H groups in total. The van der Waals surface area contributed by atoms with Crippen molar-refractivity contribution >= 4 is 21.9 Å². The molecule has 0 heterocycles. The lowest BCUT2D eigenvalue weighted by Gasteiger charge is -2.17. The maximum Gasteiger partial charge on any atom is 0.312 e. The summed E-state index contributed by atoms with van der Waals surface area (Å²) in [4.78, 5) is 11.0. The second-order valence-corrected chi connectivity index (χ2v) is 4.51. The zero-order valence-corrected chi connectivity index (χ0v) is 10.6. The number of hydrogen-bond donors (Lipinski definition) is 2. The van der Waals surface area contributed by atoms with Gasteiger partial charge in [-0.1, -0.05) is 0 Å². The van der Waals surface area contributed by atoms with E-state index in [-0.39, 0.29) is 16.6 Å². The lowest BCUT2D eigenvalue weighted by atomic mass is 9.92. The third-order valence-electron chi connectivity index (χ3n) is 2.67. The summed E-state index contributed by atoms with van der Waals surface area (Å²) in [6.45, 7) is 3.38. The molecule has 0 spiro atoms. The van der Waals surface area contributed by atoms with E-state index in [4.69, 9.17) is 10.8 Å². The Morgan fingerprint density at radius 3 is 2.62 bits per heavy atom. The number of nitrogens with two attached hydrogens (primary N) is 1. The van der Waals surface area contributed by atoms with Crippen LogP contribution >= 0.6 is 15.9 Å². The summed E-state index contributed by atoms with van der Waals surface area (Å²) in [6, 6.07) is 1.63. The van der Waals surface area contributed by atoms with Crippen LogP contribution in [0.15, 0.2) is 10.5 Å². The van der Waals surface area contributed by atoms with E-state index in [1.54, 1.807) is 19.9 Å². The van der Waals surface area contributed by atoms with Crippen molar-refractivity contribution in [3.63, 3.8) is 0 Å². The topological polar surface area (TPSA) is 63.3 Å². The van der Waals surface area contributed by atoms with Gasteiger partial charge in [-0.3, -0.25) is 4.79 Å². The fraction of sp³-hybridized carbons (Fsp3) is 0.364. The van der Waals surface area contributed by atoms with Crippen molar-refractivity contribution in [2.75, 3.05) is 6.54 Å². The molecule has 1 aromatic rings. The molecule has 0 fully saturated rings. The van der Waals surface area contributed by atoms with E-state index in [0.29, 0.717) is 5.56 Å². The fourth-order valence-corrected chi connectivity index (χ4v) is 2.18. The van der Waals surface area contributed by atoms with Crippen LogP contribution in [0.1, 0.15) is 22.6 Å². The van der Waals surface area contributed by atoms with Crippen LogP contribution in [0.5, 0.6) is 0 Å². The number of rotatable bonds is 3. The number of halogens is 2. The number of aliphatic carboxylic acids is 1. The van der Waals surface area contributed by atoms with Crippen LogP contribution in [0, 0.1) is 19.7 Å². The number of hydrogen-bond acceptors (Lipinski definition) is 2. The highest BCUT2D eigenvalue weighted by molar-refractivity contribution is 9.10. The summed E-state index contributed by atoms with van der Waals surface area (Å²) in [5.41, 5.74) is 7.02. The largest absolute Gasteiger partial charge is 0.481 e. The standard InChI is InChI=1S/C11H13BrFNO2/c1-5-3-8(12)10(13)9(6(5)2)7(4-14)11(15)16/h3,7H,4,14H2,1-2H3,(H,15,16). The molecule has 1 atom stereocenters. The first-order valence-electron chi connectivity index (χ1n) is 4.78. The van der Waals surface area contributed by atoms with Crippen molar-refractivity contribution in [3.05, 3.63) is 33.0 Å². The normalized spacial score (nSPS) is 12.6. The molecule has 16 heavy (non-hydrogen) atoms. The van der Waals surface area contributed by atoms with E-state index in [9.17, 15) is 9.18 Å². The Bertz CT molecular complexity index is 408. The number of carbonyl (C=O) groups is 1. The van der Waals surface area contributed by atoms with E-state index in [0.717, 1.165) is 5.56 Å². The van der Waals surface area contributed by atoms with E-state index >= 15 is 0 Å². The molecule has 0 bridgehead atoms. The molecule has 0 aliphatic heterocycles. The minimum absolute atomic E-state index is 0.122. The Kier molecular flexibility index (Phi) is 4.04. The summed E-state index contributed by atoms with van der Waals surface area (Å²) in [5.74, 6) is -2.65. The second-order valence-electron chi connectivity index (χ2n) is 3.65. The zero-order valence-electron chi connectivity index (χ0n) is 9.05. The van der Waals surface area contributed by atoms with Crippen molar-refractivity contribution in [2.24, 2.45) is 5.73 Å². The highest BCUT2D eigenvalue weighted by atomic mass is 79.9. The van der Waals surface area contributed by atoms with Gasteiger partial charge >= 0.3 is 5.97 Å². The SMILES string of the molecule is Cc1cc(Br)c(F)c(C(CN)C(=O)O)c1C. The number of benzene rings is 1. The zero-order chi connectivity index (χ0) is 12.5. The van der Waals surface area contributed by atoms with E-state index in [1.165, 1.54) is 0 Å². The lowest BCUT2D eigenvalue weighted by molar-refractivity contribution is -0.138. The van der Waals surface area contributed by atoms with E-state index < -0.39 is 17.7 Å². The molecule has 0 saturated heterocycles. The van der Waals surface area contributed by atoms with Crippen LogP contribution in [0.3, 0.4) is 0 Å². The minimum Gasteiger partial charge on any atom is -0.481 e. The van der Waals surface area contributed by atoms with Gasteiger partial charge in [0.05, 0.1) is 10.4 Å². The average molecular weight is 290 g/mol. The Morgan fingerprint density at radius 1 is 1.62 bits per heavy atom. The second kappa shape index (κ2) is 4.93. The lowest BCUT2D eigenvalue weighted by Crippen LogP contribution is -2.23. The predicted octanol–water partition coefficient (Wildman–Crippen LogP) is 2.33. The molecular formula is C11H13BrFNO2. The van der Waals surface area contributed by atoms with Gasteiger partial charge in [0.1, 0.15) is 5.82 Å². The Balaban J connectivity index is 3.47. The molecule has 1 unspecified atom stereocenters. The summed E-state index contributed by atoms with van der Waals surface area (Å²) < 4.78 is 14.1. The molecule has 1 rings (SSSR count). The smallest absolute Gasteiger partial charge is 0.312 e. The van der Waals surface area contributed by atoms with Gasteiger partial charge in [0, 0.05) is 12.1 Å². The summed E-state index contributed by atoms with van der Waals surface area (Å²) >= 11 is 3.07. The van der Waals surface area contributed by atoms with Gasteiger partial charge in [-0.15, -0.1) is 0 Å². The highest BCUT2D eigenvalue weighted by Crippen LogP contribution is 2.30. The third-order valence-corrected chi connectivity index (χ3v) is 3.24. The van der Waals surface area contributed by atoms with Crippen molar-refractivity contribution in [1.29, 1.82) is 0 Å². The molecule has 88 valence electrons. The first kappa shape index (κ1) is 13.1. The Hall–Kier alpha value is -0.940. The van der Waals surface area contributed by atoms with Gasteiger partial charge < -0.3 is 10.8 Å². The minimum atomic E-state index is -1.11. The van der Waals surface area contributed by atoms with E-state index in [1.807, 2.05) is 0 Å². The molecule has 1 aromatic carbocycles. The maximum absolute atomic E-state index is 13.9. The van der Waals surface area contributed by atoms with Crippen LogP contribution in [0.2, 0.25) is 0 Å². The van der Waals surface area contributed by atoms with Crippen LogP contribution in [-0.4, -0.2) is 17.6 Å². The first-order valence-corrected chi connectivity index (χ1v) is 5.57. The summed E-state index contributed by atoms with van der Waals surface area (Å²) in [5, 5.41) is 9.00. The predicted molar refractivity (Wildman–Crippen MR) is 63.0 cm³/mol. The van der Waals surface area contributed by atoms with Crippen LogP contribution in [-0.2, 0) is 4.79 Å². The van der Waals surface area contributed by atoms with Crippen LogP contribution in [0.4, 0.5) is 4.39 Å². The summed E-state index contributed by atoms with van der Waals surface area (Å²) in [7, 11) is 0. The quantitative estimate of drug-likeness (QED) is 0.898. The van der Waals surface area contributed by atoms with Crippen LogP contribution < -0.4 is 5.73 Å². The van der Waals surface area contributed by atoms with Crippen molar-refractivity contribution in [1.82, 2.24) is 0 Å². The fourth-order valence-electron chi connectivity index (χ4n) is 1.62.